The lowest BCUT2D eigenvalue weighted by Crippen LogP contribution is -2.33. The van der Waals surface area contributed by atoms with E-state index in [9.17, 15) is 4.79 Å². The summed E-state index contributed by atoms with van der Waals surface area (Å²) in [6, 6.07) is 3.86. The van der Waals surface area contributed by atoms with Gasteiger partial charge in [0.2, 0.25) is 0 Å². The minimum atomic E-state index is 0.221. The Hall–Kier alpha value is -0.830. The van der Waals surface area contributed by atoms with Gasteiger partial charge >= 0.3 is 0 Å². The number of rotatable bonds is 5. The highest BCUT2D eigenvalue weighted by atomic mass is 32.1. The molecule has 0 aliphatic heterocycles. The second kappa shape index (κ2) is 4.79. The first-order valence-electron chi connectivity index (χ1n) is 5.64. The quantitative estimate of drug-likeness (QED) is 0.751. The van der Waals surface area contributed by atoms with E-state index in [1.807, 2.05) is 22.4 Å². The van der Waals surface area contributed by atoms with Gasteiger partial charge in [-0.3, -0.25) is 4.79 Å². The standard InChI is InChI=1S/C12H17NOS/c1-2-7-13(9-10-5-6-10)12(14)11-4-3-8-15-11/h3-4,8,10H,2,5-7,9H2,1H3. The van der Waals surface area contributed by atoms with Crippen LogP contribution in [0.5, 0.6) is 0 Å². The van der Waals surface area contributed by atoms with Gasteiger partial charge in [-0.2, -0.15) is 0 Å². The third-order valence-electron chi connectivity index (χ3n) is 2.69. The summed E-state index contributed by atoms with van der Waals surface area (Å²) in [5, 5.41) is 1.97. The lowest BCUT2D eigenvalue weighted by Gasteiger charge is -2.21. The highest BCUT2D eigenvalue weighted by Crippen LogP contribution is 2.30. The van der Waals surface area contributed by atoms with Crippen LogP contribution in [0.15, 0.2) is 17.5 Å². The molecule has 1 saturated carbocycles. The number of nitrogens with zero attached hydrogens (tertiary/aromatic N) is 1. The Morgan fingerprint density at radius 2 is 2.40 bits per heavy atom. The molecule has 15 heavy (non-hydrogen) atoms. The molecule has 1 heterocycles. The van der Waals surface area contributed by atoms with Crippen LogP contribution in [0.4, 0.5) is 0 Å². The van der Waals surface area contributed by atoms with E-state index in [2.05, 4.69) is 6.92 Å². The number of carbonyl (C=O) groups excluding carboxylic acids is 1. The van der Waals surface area contributed by atoms with Gasteiger partial charge in [0.15, 0.2) is 0 Å². The summed E-state index contributed by atoms with van der Waals surface area (Å²) in [7, 11) is 0. The molecule has 1 aliphatic rings. The molecule has 0 radical (unpaired) electrons. The Morgan fingerprint density at radius 3 is 2.93 bits per heavy atom. The third kappa shape index (κ3) is 2.81. The van der Waals surface area contributed by atoms with Crippen LogP contribution in [0.3, 0.4) is 0 Å². The molecular weight excluding hydrogens is 206 g/mol. The van der Waals surface area contributed by atoms with Gasteiger partial charge in [-0.25, -0.2) is 0 Å². The Balaban J connectivity index is 1.99. The summed E-state index contributed by atoms with van der Waals surface area (Å²) in [5.74, 6) is 0.999. The van der Waals surface area contributed by atoms with Crippen molar-refractivity contribution < 1.29 is 4.79 Å². The first-order chi connectivity index (χ1) is 7.31. The van der Waals surface area contributed by atoms with Crippen LogP contribution in [-0.4, -0.2) is 23.9 Å². The van der Waals surface area contributed by atoms with Gasteiger partial charge in [-0.1, -0.05) is 13.0 Å². The predicted octanol–water partition coefficient (Wildman–Crippen LogP) is 3.01. The SMILES string of the molecule is CCCN(CC1CC1)C(=O)c1cccs1. The Morgan fingerprint density at radius 1 is 1.60 bits per heavy atom. The van der Waals surface area contributed by atoms with Crippen LogP contribution in [0, 0.1) is 5.92 Å². The second-order valence-electron chi connectivity index (χ2n) is 4.17. The largest absolute Gasteiger partial charge is 0.338 e. The smallest absolute Gasteiger partial charge is 0.263 e. The molecule has 0 spiro atoms. The predicted molar refractivity (Wildman–Crippen MR) is 63.2 cm³/mol. The summed E-state index contributed by atoms with van der Waals surface area (Å²) in [5.41, 5.74) is 0. The van der Waals surface area contributed by atoms with E-state index in [-0.39, 0.29) is 5.91 Å². The first-order valence-corrected chi connectivity index (χ1v) is 6.52. The molecule has 1 amide bonds. The molecular formula is C12H17NOS. The van der Waals surface area contributed by atoms with Gasteiger partial charge in [0.25, 0.3) is 5.91 Å². The minimum absolute atomic E-state index is 0.221. The fourth-order valence-electron chi connectivity index (χ4n) is 1.71. The molecule has 0 saturated heterocycles. The number of hydrogen-bond acceptors (Lipinski definition) is 2. The molecule has 3 heteroatoms. The second-order valence-corrected chi connectivity index (χ2v) is 5.12. The average Bonchev–Trinajstić information content (AvgIpc) is 2.88. The van der Waals surface area contributed by atoms with Crippen LogP contribution >= 0.6 is 11.3 Å². The molecule has 2 nitrogen and oxygen atoms in total. The van der Waals surface area contributed by atoms with Crippen LogP contribution in [-0.2, 0) is 0 Å². The van der Waals surface area contributed by atoms with Gasteiger partial charge in [0.1, 0.15) is 0 Å². The summed E-state index contributed by atoms with van der Waals surface area (Å²) in [4.78, 5) is 15.0. The van der Waals surface area contributed by atoms with Crippen LogP contribution in [0.2, 0.25) is 0 Å². The maximum absolute atomic E-state index is 12.1. The Labute approximate surface area is 94.9 Å². The topological polar surface area (TPSA) is 20.3 Å². The van der Waals surface area contributed by atoms with E-state index >= 15 is 0 Å². The summed E-state index contributed by atoms with van der Waals surface area (Å²) < 4.78 is 0. The maximum Gasteiger partial charge on any atom is 0.263 e. The van der Waals surface area contributed by atoms with Crippen molar-refractivity contribution in [2.75, 3.05) is 13.1 Å². The zero-order chi connectivity index (χ0) is 10.7. The maximum atomic E-state index is 12.1. The molecule has 0 bridgehead atoms. The van der Waals surface area contributed by atoms with Crippen molar-refractivity contribution in [2.45, 2.75) is 26.2 Å². The fraction of sp³-hybridized carbons (Fsp3) is 0.583. The van der Waals surface area contributed by atoms with Crippen molar-refractivity contribution in [3.8, 4) is 0 Å². The number of thiophene rings is 1. The zero-order valence-corrected chi connectivity index (χ0v) is 9.93. The van der Waals surface area contributed by atoms with Crippen molar-refractivity contribution in [3.05, 3.63) is 22.4 Å². The van der Waals surface area contributed by atoms with E-state index < -0.39 is 0 Å². The molecule has 0 N–H and O–H groups in total. The summed E-state index contributed by atoms with van der Waals surface area (Å²) >= 11 is 1.54. The highest BCUT2D eigenvalue weighted by molar-refractivity contribution is 7.12. The average molecular weight is 223 g/mol. The van der Waals surface area contributed by atoms with E-state index in [1.165, 1.54) is 12.8 Å². The molecule has 1 fully saturated rings. The van der Waals surface area contributed by atoms with Crippen molar-refractivity contribution >= 4 is 17.2 Å². The van der Waals surface area contributed by atoms with Crippen LogP contribution in [0.25, 0.3) is 0 Å². The molecule has 2 rings (SSSR count). The number of amides is 1. The summed E-state index contributed by atoms with van der Waals surface area (Å²) in [6.07, 6.45) is 3.65. The Bertz CT molecular complexity index is 316. The monoisotopic (exact) mass is 223 g/mol. The lowest BCUT2D eigenvalue weighted by molar-refractivity contribution is 0.0752. The van der Waals surface area contributed by atoms with Gasteiger partial charge in [-0.05, 0) is 36.6 Å². The van der Waals surface area contributed by atoms with Crippen LogP contribution in [0.1, 0.15) is 35.9 Å². The molecule has 82 valence electrons. The first kappa shape index (κ1) is 10.7. The molecule has 0 aromatic carbocycles. The van der Waals surface area contributed by atoms with Gasteiger partial charge in [0, 0.05) is 13.1 Å². The number of hydrogen-bond donors (Lipinski definition) is 0. The van der Waals surface area contributed by atoms with E-state index in [1.54, 1.807) is 11.3 Å². The van der Waals surface area contributed by atoms with Gasteiger partial charge < -0.3 is 4.90 Å². The molecule has 1 aliphatic carbocycles. The number of carbonyl (C=O) groups is 1. The van der Waals surface area contributed by atoms with Crippen molar-refractivity contribution in [1.29, 1.82) is 0 Å². The fourth-order valence-corrected chi connectivity index (χ4v) is 2.40. The normalized spacial score (nSPS) is 15.3. The van der Waals surface area contributed by atoms with E-state index in [0.717, 1.165) is 30.3 Å². The van der Waals surface area contributed by atoms with E-state index in [4.69, 9.17) is 0 Å². The van der Waals surface area contributed by atoms with Gasteiger partial charge in [-0.15, -0.1) is 11.3 Å². The summed E-state index contributed by atoms with van der Waals surface area (Å²) in [6.45, 7) is 3.99. The van der Waals surface area contributed by atoms with Crippen LogP contribution < -0.4 is 0 Å². The molecule has 1 aromatic heterocycles. The highest BCUT2D eigenvalue weighted by Gasteiger charge is 2.26. The van der Waals surface area contributed by atoms with E-state index in [0.29, 0.717) is 0 Å². The third-order valence-corrected chi connectivity index (χ3v) is 3.55. The van der Waals surface area contributed by atoms with Crippen molar-refractivity contribution in [1.82, 2.24) is 4.90 Å². The minimum Gasteiger partial charge on any atom is -0.338 e. The van der Waals surface area contributed by atoms with Gasteiger partial charge in [0.05, 0.1) is 4.88 Å². The Kier molecular flexibility index (Phi) is 3.41. The zero-order valence-electron chi connectivity index (χ0n) is 9.11. The van der Waals surface area contributed by atoms with Crippen molar-refractivity contribution in [3.63, 3.8) is 0 Å². The molecule has 1 aromatic rings. The molecule has 0 atom stereocenters. The molecule has 0 unspecified atom stereocenters. The van der Waals surface area contributed by atoms with Crippen molar-refractivity contribution in [2.24, 2.45) is 5.92 Å². The lowest BCUT2D eigenvalue weighted by atomic mass is 10.3.